The Labute approximate surface area is 102 Å². The fourth-order valence-corrected chi connectivity index (χ4v) is 1.40. The van der Waals surface area contributed by atoms with E-state index in [0.717, 1.165) is 5.69 Å². The molecule has 0 aliphatic heterocycles. The molecule has 0 aromatic carbocycles. The van der Waals surface area contributed by atoms with Crippen LogP contribution in [0.15, 0.2) is 24.5 Å². The van der Waals surface area contributed by atoms with Crippen molar-refractivity contribution in [3.05, 3.63) is 41.5 Å². The molecule has 0 aliphatic carbocycles. The average molecular weight is 246 g/mol. The molecule has 2 aromatic rings. The number of hydrogen-bond donors (Lipinski definition) is 3. The number of anilines is 1. The lowest BCUT2D eigenvalue weighted by Crippen LogP contribution is -2.15. The van der Waals surface area contributed by atoms with Crippen LogP contribution in [0.5, 0.6) is 0 Å². The van der Waals surface area contributed by atoms with Crippen LogP contribution in [0.2, 0.25) is 0 Å². The van der Waals surface area contributed by atoms with Gasteiger partial charge >= 0.3 is 5.97 Å². The van der Waals surface area contributed by atoms with E-state index in [1.165, 1.54) is 18.5 Å². The van der Waals surface area contributed by atoms with Crippen molar-refractivity contribution in [1.82, 2.24) is 15.2 Å². The Morgan fingerprint density at radius 3 is 2.83 bits per heavy atom. The molecule has 0 saturated carbocycles. The van der Waals surface area contributed by atoms with Crippen LogP contribution in [0.3, 0.4) is 0 Å². The van der Waals surface area contributed by atoms with E-state index >= 15 is 0 Å². The predicted molar refractivity (Wildman–Crippen MR) is 62.5 cm³/mol. The summed E-state index contributed by atoms with van der Waals surface area (Å²) in [6, 6.07) is 2.87. The summed E-state index contributed by atoms with van der Waals surface area (Å²) in [6.45, 7) is 1.76. The summed E-state index contributed by atoms with van der Waals surface area (Å²) < 4.78 is 0. The molecule has 0 spiro atoms. The number of carboxylic acids is 1. The molecule has 0 saturated heterocycles. The highest BCUT2D eigenvalue weighted by Crippen LogP contribution is 2.14. The monoisotopic (exact) mass is 246 g/mol. The fourth-order valence-electron chi connectivity index (χ4n) is 1.40. The van der Waals surface area contributed by atoms with E-state index in [0.29, 0.717) is 0 Å². The highest BCUT2D eigenvalue weighted by molar-refractivity contribution is 6.06. The summed E-state index contributed by atoms with van der Waals surface area (Å²) in [5, 5.41) is 17.8. The average Bonchev–Trinajstić information content (AvgIpc) is 2.76. The van der Waals surface area contributed by atoms with Crippen molar-refractivity contribution in [3.63, 3.8) is 0 Å². The molecule has 18 heavy (non-hydrogen) atoms. The zero-order valence-corrected chi connectivity index (χ0v) is 9.47. The van der Waals surface area contributed by atoms with Crippen molar-refractivity contribution in [3.8, 4) is 0 Å². The first-order valence-corrected chi connectivity index (χ1v) is 5.08. The number of carbonyl (C=O) groups excluding carboxylic acids is 1. The largest absolute Gasteiger partial charge is 0.478 e. The molecule has 0 atom stereocenters. The van der Waals surface area contributed by atoms with Crippen molar-refractivity contribution < 1.29 is 14.7 Å². The molecule has 0 radical (unpaired) electrons. The molecule has 7 heteroatoms. The van der Waals surface area contributed by atoms with Crippen LogP contribution in [0, 0.1) is 6.92 Å². The maximum Gasteiger partial charge on any atom is 0.337 e. The maximum absolute atomic E-state index is 11.8. The van der Waals surface area contributed by atoms with Gasteiger partial charge in [-0.15, -0.1) is 0 Å². The molecule has 1 amide bonds. The van der Waals surface area contributed by atoms with Crippen molar-refractivity contribution in [2.45, 2.75) is 6.92 Å². The summed E-state index contributed by atoms with van der Waals surface area (Å²) in [5.41, 5.74) is 1.04. The third-order valence-corrected chi connectivity index (χ3v) is 2.24. The topological polar surface area (TPSA) is 108 Å². The molecule has 7 nitrogen and oxygen atoms in total. The van der Waals surface area contributed by atoms with Gasteiger partial charge in [-0.05, 0) is 19.1 Å². The molecule has 0 fully saturated rings. The van der Waals surface area contributed by atoms with Gasteiger partial charge in [0.15, 0.2) is 5.69 Å². The number of carbonyl (C=O) groups is 2. The Bertz CT molecular complexity index is 606. The van der Waals surface area contributed by atoms with Crippen LogP contribution in [0.4, 0.5) is 5.69 Å². The van der Waals surface area contributed by atoms with E-state index in [2.05, 4.69) is 20.5 Å². The Kier molecular flexibility index (Phi) is 3.05. The Morgan fingerprint density at radius 1 is 1.44 bits per heavy atom. The van der Waals surface area contributed by atoms with Gasteiger partial charge in [0.05, 0.1) is 17.4 Å². The van der Waals surface area contributed by atoms with Gasteiger partial charge in [0.2, 0.25) is 0 Å². The lowest BCUT2D eigenvalue weighted by Gasteiger charge is -2.05. The number of aromatic carboxylic acids is 1. The van der Waals surface area contributed by atoms with Gasteiger partial charge in [0.25, 0.3) is 5.91 Å². The van der Waals surface area contributed by atoms with Gasteiger partial charge in [0, 0.05) is 11.9 Å². The molecular formula is C11H10N4O3. The first-order chi connectivity index (χ1) is 8.58. The van der Waals surface area contributed by atoms with Crippen molar-refractivity contribution >= 4 is 17.6 Å². The SMILES string of the molecule is Cc1cc(C(=O)Nc2cnccc2C(=O)O)n[nH]1. The first kappa shape index (κ1) is 11.8. The number of carboxylic acid groups (broad SMARTS) is 1. The lowest BCUT2D eigenvalue weighted by atomic mass is 10.2. The van der Waals surface area contributed by atoms with Crippen LogP contribution in [0.25, 0.3) is 0 Å². The van der Waals surface area contributed by atoms with Gasteiger partial charge in [-0.3, -0.25) is 14.9 Å². The van der Waals surface area contributed by atoms with E-state index in [1.54, 1.807) is 13.0 Å². The molecule has 0 unspecified atom stereocenters. The highest BCUT2D eigenvalue weighted by atomic mass is 16.4. The standard InChI is InChI=1S/C11H10N4O3/c1-6-4-8(15-14-6)10(16)13-9-5-12-3-2-7(9)11(17)18/h2-5H,1H3,(H,13,16)(H,14,15)(H,17,18). The number of aromatic nitrogens is 3. The van der Waals surface area contributed by atoms with Crippen LogP contribution < -0.4 is 5.32 Å². The summed E-state index contributed by atoms with van der Waals surface area (Å²) in [6.07, 6.45) is 2.62. The summed E-state index contributed by atoms with van der Waals surface area (Å²) in [7, 11) is 0. The molecule has 0 bridgehead atoms. The van der Waals surface area contributed by atoms with E-state index in [1.807, 2.05) is 0 Å². The van der Waals surface area contributed by atoms with Crippen molar-refractivity contribution in [2.75, 3.05) is 5.32 Å². The van der Waals surface area contributed by atoms with Gasteiger partial charge in [0.1, 0.15) is 0 Å². The predicted octanol–water partition coefficient (Wildman–Crippen LogP) is 1.06. The fraction of sp³-hybridized carbons (Fsp3) is 0.0909. The van der Waals surface area contributed by atoms with Crippen molar-refractivity contribution in [2.24, 2.45) is 0 Å². The second-order valence-electron chi connectivity index (χ2n) is 3.62. The van der Waals surface area contributed by atoms with Gasteiger partial charge < -0.3 is 10.4 Å². The highest BCUT2D eigenvalue weighted by Gasteiger charge is 2.14. The number of nitrogens with zero attached hydrogens (tertiary/aromatic N) is 2. The molecule has 3 N–H and O–H groups in total. The number of aromatic amines is 1. The molecule has 2 aromatic heterocycles. The van der Waals surface area contributed by atoms with E-state index in [4.69, 9.17) is 5.11 Å². The summed E-state index contributed by atoms with van der Waals surface area (Å²) in [4.78, 5) is 26.5. The van der Waals surface area contributed by atoms with E-state index < -0.39 is 11.9 Å². The number of rotatable bonds is 3. The number of amides is 1. The zero-order valence-electron chi connectivity index (χ0n) is 9.47. The molecule has 2 rings (SSSR count). The second kappa shape index (κ2) is 4.66. The van der Waals surface area contributed by atoms with Gasteiger partial charge in [-0.25, -0.2) is 4.79 Å². The normalized spacial score (nSPS) is 10.1. The van der Waals surface area contributed by atoms with E-state index in [9.17, 15) is 9.59 Å². The summed E-state index contributed by atoms with van der Waals surface area (Å²) >= 11 is 0. The number of pyridine rings is 1. The minimum atomic E-state index is -1.13. The third-order valence-electron chi connectivity index (χ3n) is 2.24. The Morgan fingerprint density at radius 2 is 2.22 bits per heavy atom. The molecular weight excluding hydrogens is 236 g/mol. The zero-order chi connectivity index (χ0) is 13.1. The second-order valence-corrected chi connectivity index (χ2v) is 3.62. The van der Waals surface area contributed by atoms with Crippen LogP contribution >= 0.6 is 0 Å². The Hall–Kier alpha value is -2.70. The lowest BCUT2D eigenvalue weighted by molar-refractivity contribution is 0.0698. The number of hydrogen-bond acceptors (Lipinski definition) is 4. The third kappa shape index (κ3) is 2.34. The number of nitrogens with one attached hydrogen (secondary N) is 2. The smallest absolute Gasteiger partial charge is 0.337 e. The van der Waals surface area contributed by atoms with Crippen LogP contribution in [0.1, 0.15) is 26.5 Å². The Balaban J connectivity index is 2.24. The van der Waals surface area contributed by atoms with Crippen molar-refractivity contribution in [1.29, 1.82) is 0 Å². The van der Waals surface area contributed by atoms with E-state index in [-0.39, 0.29) is 16.9 Å². The minimum Gasteiger partial charge on any atom is -0.478 e. The minimum absolute atomic E-state index is 0.0226. The molecule has 0 aliphatic rings. The molecule has 2 heterocycles. The first-order valence-electron chi connectivity index (χ1n) is 5.08. The quantitative estimate of drug-likeness (QED) is 0.750. The van der Waals surface area contributed by atoms with Crippen LogP contribution in [-0.2, 0) is 0 Å². The maximum atomic E-state index is 11.8. The van der Waals surface area contributed by atoms with Gasteiger partial charge in [-0.1, -0.05) is 0 Å². The number of H-pyrrole nitrogens is 1. The number of aryl methyl sites for hydroxylation is 1. The van der Waals surface area contributed by atoms with Crippen LogP contribution in [-0.4, -0.2) is 32.2 Å². The van der Waals surface area contributed by atoms with Gasteiger partial charge in [-0.2, -0.15) is 5.10 Å². The molecule has 92 valence electrons. The summed E-state index contributed by atoms with van der Waals surface area (Å²) in [5.74, 6) is -1.62.